The molecule has 2 aliphatic heterocycles. The molecule has 2 heterocycles. The molecule has 2 saturated carbocycles. The van der Waals surface area contributed by atoms with Crippen LogP contribution < -0.4 is 10.6 Å². The molecule has 0 aromatic carbocycles. The average molecular weight is 513 g/mol. The zero-order valence-electron chi connectivity index (χ0n) is 21.7. The number of amides is 2. The second-order valence-electron chi connectivity index (χ2n) is 11.1. The van der Waals surface area contributed by atoms with Crippen LogP contribution in [-0.2, 0) is 14.4 Å². The molecule has 4 aliphatic rings. The Morgan fingerprint density at radius 2 is 1.81 bits per heavy atom. The average Bonchev–Trinajstić information content (AvgIpc) is 3.48. The molecule has 2 fully saturated rings. The number of Topliss-reactive ketones (excluding diaryl/α,β-unsaturated/α-hetero) is 1. The number of rotatable bonds is 1. The summed E-state index contributed by atoms with van der Waals surface area (Å²) in [4.78, 5) is 37.2. The Balaban J connectivity index is 1.56. The molecule has 2 amide bonds. The summed E-state index contributed by atoms with van der Waals surface area (Å²) in [5, 5.41) is 37.3. The van der Waals surface area contributed by atoms with Crippen LogP contribution in [0.3, 0.4) is 0 Å². The maximum absolute atomic E-state index is 12.7. The number of fused-ring (bicyclic) bond motifs is 4. The molecule has 0 aromatic rings. The third kappa shape index (κ3) is 5.75. The minimum atomic E-state index is -1.16. The lowest BCUT2D eigenvalue weighted by atomic mass is 9.76. The summed E-state index contributed by atoms with van der Waals surface area (Å²) in [6, 6.07) is -1.09. The largest absolute Gasteiger partial charge is 0.509 e. The number of aliphatic hydroxyl groups excluding tert-OH is 3. The highest BCUT2D eigenvalue weighted by Crippen LogP contribution is 2.57. The molecule has 5 N–H and O–H groups in total. The van der Waals surface area contributed by atoms with E-state index in [1.165, 1.54) is 12.5 Å². The molecule has 37 heavy (non-hydrogen) atoms. The highest BCUT2D eigenvalue weighted by molar-refractivity contribution is 6.21. The lowest BCUT2D eigenvalue weighted by Crippen LogP contribution is -2.41. The van der Waals surface area contributed by atoms with Gasteiger partial charge in [-0.25, -0.2) is 0 Å². The fourth-order valence-corrected chi connectivity index (χ4v) is 7.21. The lowest BCUT2D eigenvalue weighted by Gasteiger charge is -2.31. The molecule has 0 spiro atoms. The van der Waals surface area contributed by atoms with Gasteiger partial charge in [0.2, 0.25) is 5.91 Å². The SMILES string of the molecule is CCC1CC2CC3C=CC=CC(=O)NCCC(O)C4NC(=O)C(=C4O)C(=O)CC=CCC(O)C3C2C1C. The quantitative estimate of drug-likeness (QED) is 0.271. The van der Waals surface area contributed by atoms with Crippen LogP contribution in [-0.4, -0.2) is 57.7 Å². The predicted molar refractivity (Wildman–Crippen MR) is 139 cm³/mol. The van der Waals surface area contributed by atoms with Crippen molar-refractivity contribution in [3.8, 4) is 0 Å². The van der Waals surface area contributed by atoms with Crippen LogP contribution in [0.2, 0.25) is 0 Å². The first-order valence-electron chi connectivity index (χ1n) is 13.6. The maximum Gasteiger partial charge on any atom is 0.259 e. The third-order valence-corrected chi connectivity index (χ3v) is 9.01. The van der Waals surface area contributed by atoms with Gasteiger partial charge in [0.15, 0.2) is 5.78 Å². The summed E-state index contributed by atoms with van der Waals surface area (Å²) in [5.41, 5.74) is -0.343. The van der Waals surface area contributed by atoms with E-state index in [2.05, 4.69) is 30.6 Å². The molecule has 2 aliphatic carbocycles. The predicted octanol–water partition coefficient (Wildman–Crippen LogP) is 2.49. The van der Waals surface area contributed by atoms with E-state index >= 15 is 0 Å². The van der Waals surface area contributed by atoms with Crippen LogP contribution in [0.5, 0.6) is 0 Å². The number of aliphatic hydroxyl groups is 3. The van der Waals surface area contributed by atoms with Crippen molar-refractivity contribution in [1.29, 1.82) is 0 Å². The Morgan fingerprint density at radius 3 is 2.57 bits per heavy atom. The van der Waals surface area contributed by atoms with Crippen molar-refractivity contribution in [1.82, 2.24) is 10.6 Å². The minimum absolute atomic E-state index is 0.0858. The van der Waals surface area contributed by atoms with Crippen molar-refractivity contribution in [3.63, 3.8) is 0 Å². The fourth-order valence-electron chi connectivity index (χ4n) is 7.21. The normalized spacial score (nSPS) is 39.4. The van der Waals surface area contributed by atoms with Crippen molar-refractivity contribution in [2.75, 3.05) is 6.54 Å². The van der Waals surface area contributed by atoms with Crippen LogP contribution in [0.1, 0.15) is 52.4 Å². The molecule has 9 atom stereocenters. The highest BCUT2D eigenvalue weighted by Gasteiger charge is 2.52. The van der Waals surface area contributed by atoms with Gasteiger partial charge in [-0.2, -0.15) is 0 Å². The highest BCUT2D eigenvalue weighted by atomic mass is 16.3. The molecule has 9 unspecified atom stereocenters. The van der Waals surface area contributed by atoms with Gasteiger partial charge in [0.25, 0.3) is 5.91 Å². The number of allylic oxidation sites excluding steroid dienone is 4. The first-order valence-corrected chi connectivity index (χ1v) is 13.6. The van der Waals surface area contributed by atoms with Crippen molar-refractivity contribution >= 4 is 17.6 Å². The molecule has 0 radical (unpaired) electrons. The van der Waals surface area contributed by atoms with E-state index in [1.54, 1.807) is 18.2 Å². The van der Waals surface area contributed by atoms with E-state index in [0.29, 0.717) is 30.1 Å². The molecular formula is C29H40N2O6. The summed E-state index contributed by atoms with van der Waals surface area (Å²) in [6.07, 6.45) is 12.6. The summed E-state index contributed by atoms with van der Waals surface area (Å²) in [7, 11) is 0. The molecule has 0 saturated heterocycles. The molecule has 202 valence electrons. The van der Waals surface area contributed by atoms with Crippen molar-refractivity contribution in [2.45, 2.75) is 70.6 Å². The first-order chi connectivity index (χ1) is 17.7. The van der Waals surface area contributed by atoms with E-state index in [1.807, 2.05) is 6.08 Å². The second-order valence-corrected chi connectivity index (χ2v) is 11.1. The smallest absolute Gasteiger partial charge is 0.259 e. The Kier molecular flexibility index (Phi) is 8.70. The second kappa shape index (κ2) is 11.8. The molecule has 8 heteroatoms. The van der Waals surface area contributed by atoms with E-state index in [4.69, 9.17) is 0 Å². The number of hydrogen-bond donors (Lipinski definition) is 5. The van der Waals surface area contributed by atoms with Crippen LogP contribution in [0.4, 0.5) is 0 Å². The Hall–Kier alpha value is -2.71. The van der Waals surface area contributed by atoms with Gasteiger partial charge >= 0.3 is 0 Å². The Bertz CT molecular complexity index is 1010. The molecule has 8 nitrogen and oxygen atoms in total. The fraction of sp³-hybridized carbons (Fsp3) is 0.621. The molecule has 2 bridgehead atoms. The number of carbonyl (C=O) groups is 3. The molecular weight excluding hydrogens is 472 g/mol. The third-order valence-electron chi connectivity index (χ3n) is 9.01. The number of ketones is 1. The van der Waals surface area contributed by atoms with Gasteiger partial charge in [0, 0.05) is 19.0 Å². The van der Waals surface area contributed by atoms with E-state index < -0.39 is 35.7 Å². The molecule has 4 rings (SSSR count). The molecule has 0 aromatic heterocycles. The number of nitrogens with one attached hydrogen (secondary N) is 2. The first kappa shape index (κ1) is 27.3. The Labute approximate surface area is 218 Å². The number of carbonyl (C=O) groups excluding carboxylic acids is 3. The zero-order valence-corrected chi connectivity index (χ0v) is 21.7. The van der Waals surface area contributed by atoms with Crippen LogP contribution in [0.15, 0.2) is 47.8 Å². The summed E-state index contributed by atoms with van der Waals surface area (Å²) >= 11 is 0. The van der Waals surface area contributed by atoms with Crippen molar-refractivity contribution in [2.24, 2.45) is 35.5 Å². The van der Waals surface area contributed by atoms with Gasteiger partial charge in [-0.15, -0.1) is 0 Å². The van der Waals surface area contributed by atoms with E-state index in [-0.39, 0.29) is 42.7 Å². The summed E-state index contributed by atoms with van der Waals surface area (Å²) in [6.45, 7) is 4.68. The van der Waals surface area contributed by atoms with Gasteiger partial charge in [-0.1, -0.05) is 50.6 Å². The van der Waals surface area contributed by atoms with Gasteiger partial charge in [-0.05, 0) is 61.2 Å². The maximum atomic E-state index is 12.7. The van der Waals surface area contributed by atoms with Crippen molar-refractivity contribution < 1.29 is 29.7 Å². The lowest BCUT2D eigenvalue weighted by molar-refractivity contribution is -0.122. The Morgan fingerprint density at radius 1 is 1.03 bits per heavy atom. The van der Waals surface area contributed by atoms with E-state index in [9.17, 15) is 29.7 Å². The van der Waals surface area contributed by atoms with Crippen molar-refractivity contribution in [3.05, 3.63) is 47.8 Å². The van der Waals surface area contributed by atoms with Crippen LogP contribution >= 0.6 is 0 Å². The standard InChI is InChI=1S/C29H40N2O6/c1-3-17-14-19-15-18-8-4-7-11-23(35)30-13-12-22(34)27-28(36)26(29(37)31-27)21(33)10-6-5-9-20(32)25(18)24(19)16(17)2/h4-8,11,16-20,22,24-25,27,32,34,36H,3,9-10,12-15H2,1-2H3,(H,30,35)(H,31,37). The van der Waals surface area contributed by atoms with E-state index in [0.717, 1.165) is 12.8 Å². The summed E-state index contributed by atoms with van der Waals surface area (Å²) in [5.74, 6) is 0.459. The summed E-state index contributed by atoms with van der Waals surface area (Å²) < 4.78 is 0. The minimum Gasteiger partial charge on any atom is -0.509 e. The zero-order chi connectivity index (χ0) is 26.7. The van der Waals surface area contributed by atoms with Gasteiger partial charge in [0.05, 0.1) is 12.2 Å². The monoisotopic (exact) mass is 512 g/mol. The topological polar surface area (TPSA) is 136 Å². The van der Waals surface area contributed by atoms with Gasteiger partial charge < -0.3 is 26.0 Å². The number of hydrogen-bond acceptors (Lipinski definition) is 6. The van der Waals surface area contributed by atoms with Gasteiger partial charge in [0.1, 0.15) is 17.4 Å². The van der Waals surface area contributed by atoms with Gasteiger partial charge in [-0.3, -0.25) is 14.4 Å². The van der Waals surface area contributed by atoms with Crippen LogP contribution in [0, 0.1) is 35.5 Å². The van der Waals surface area contributed by atoms with Crippen LogP contribution in [0.25, 0.3) is 0 Å².